The first-order valence-corrected chi connectivity index (χ1v) is 5.89. The predicted octanol–water partition coefficient (Wildman–Crippen LogP) is 1.54. The molecule has 1 amide bonds. The van der Waals surface area contributed by atoms with E-state index in [0.29, 0.717) is 19.1 Å². The fourth-order valence-corrected chi connectivity index (χ4v) is 1.85. The number of carbonyl (C=O) groups excluding carboxylic acids is 1. The minimum atomic E-state index is -0.242. The third kappa shape index (κ3) is 3.27. The van der Waals surface area contributed by atoms with Crippen molar-refractivity contribution in [3.8, 4) is 0 Å². The summed E-state index contributed by atoms with van der Waals surface area (Å²) in [5, 5.41) is 2.87. The van der Waals surface area contributed by atoms with Gasteiger partial charge in [-0.15, -0.1) is 0 Å². The summed E-state index contributed by atoms with van der Waals surface area (Å²) in [6, 6.07) is 6.71. The summed E-state index contributed by atoms with van der Waals surface area (Å²) in [6.07, 6.45) is 2.16. The predicted molar refractivity (Wildman–Crippen MR) is 63.9 cm³/mol. The van der Waals surface area contributed by atoms with Crippen molar-refractivity contribution >= 4 is 5.91 Å². The van der Waals surface area contributed by atoms with Gasteiger partial charge >= 0.3 is 0 Å². The van der Waals surface area contributed by atoms with Crippen LogP contribution < -0.4 is 5.32 Å². The Bertz CT molecular complexity index is 387. The van der Waals surface area contributed by atoms with Crippen molar-refractivity contribution in [1.82, 2.24) is 10.2 Å². The monoisotopic (exact) mass is 236 g/mol. The topological polar surface area (TPSA) is 32.3 Å². The lowest BCUT2D eigenvalue weighted by Gasteiger charge is -2.22. The van der Waals surface area contributed by atoms with E-state index < -0.39 is 0 Å². The summed E-state index contributed by atoms with van der Waals surface area (Å²) in [7, 11) is 1.76. The lowest BCUT2D eigenvalue weighted by molar-refractivity contribution is -0.131. The van der Waals surface area contributed by atoms with Gasteiger partial charge in [0.25, 0.3) is 0 Å². The number of nitrogens with zero attached hydrogens (tertiary/aromatic N) is 1. The lowest BCUT2D eigenvalue weighted by atomic mass is 10.2. The molecule has 1 N–H and O–H groups in total. The molecule has 1 fully saturated rings. The fraction of sp³-hybridized carbons (Fsp3) is 0.462. The maximum Gasteiger partial charge on any atom is 0.237 e. The summed E-state index contributed by atoms with van der Waals surface area (Å²) in [5.74, 6) is -0.132. The standard InChI is InChI=1S/C13H17FN2O/c1-15-8-13(17)16(12-6-7-12)9-10-2-4-11(14)5-3-10/h2-5,12,15H,6-9H2,1H3. The summed E-state index contributed by atoms with van der Waals surface area (Å²) < 4.78 is 12.8. The molecule has 1 aromatic rings. The van der Waals surface area contributed by atoms with Crippen LogP contribution in [0.5, 0.6) is 0 Å². The maximum atomic E-state index is 12.8. The van der Waals surface area contributed by atoms with E-state index in [2.05, 4.69) is 5.32 Å². The first kappa shape index (κ1) is 12.0. The van der Waals surface area contributed by atoms with E-state index in [1.54, 1.807) is 19.2 Å². The number of halogens is 1. The normalized spacial score (nSPS) is 14.7. The van der Waals surface area contributed by atoms with E-state index in [-0.39, 0.29) is 11.7 Å². The van der Waals surface area contributed by atoms with Crippen LogP contribution in [0.15, 0.2) is 24.3 Å². The van der Waals surface area contributed by atoms with Gasteiger partial charge in [-0.25, -0.2) is 4.39 Å². The smallest absolute Gasteiger partial charge is 0.237 e. The van der Waals surface area contributed by atoms with Crippen LogP contribution in [-0.4, -0.2) is 30.4 Å². The largest absolute Gasteiger partial charge is 0.334 e. The Morgan fingerprint density at radius 2 is 2.06 bits per heavy atom. The molecule has 3 nitrogen and oxygen atoms in total. The number of nitrogens with one attached hydrogen (secondary N) is 1. The quantitative estimate of drug-likeness (QED) is 0.841. The van der Waals surface area contributed by atoms with Crippen LogP contribution in [0.4, 0.5) is 4.39 Å². The van der Waals surface area contributed by atoms with Crippen LogP contribution in [0.3, 0.4) is 0 Å². The third-order valence-electron chi connectivity index (χ3n) is 2.90. The van der Waals surface area contributed by atoms with E-state index in [4.69, 9.17) is 0 Å². The number of hydrogen-bond donors (Lipinski definition) is 1. The average molecular weight is 236 g/mol. The summed E-state index contributed by atoms with van der Waals surface area (Å²) in [4.78, 5) is 13.8. The molecule has 1 saturated carbocycles. The Morgan fingerprint density at radius 3 is 2.59 bits per heavy atom. The number of carbonyl (C=O) groups is 1. The van der Waals surface area contributed by atoms with Crippen LogP contribution >= 0.6 is 0 Å². The van der Waals surface area contributed by atoms with Gasteiger partial charge in [-0.2, -0.15) is 0 Å². The van der Waals surface area contributed by atoms with Crippen LogP contribution in [0, 0.1) is 5.82 Å². The van der Waals surface area contributed by atoms with Crippen LogP contribution in [0.25, 0.3) is 0 Å². The zero-order chi connectivity index (χ0) is 12.3. The first-order chi connectivity index (χ1) is 8.20. The van der Waals surface area contributed by atoms with Crippen LogP contribution in [-0.2, 0) is 11.3 Å². The van der Waals surface area contributed by atoms with E-state index in [1.807, 2.05) is 4.90 Å². The van der Waals surface area contributed by atoms with Gasteiger partial charge in [-0.1, -0.05) is 12.1 Å². The number of hydrogen-bond acceptors (Lipinski definition) is 2. The molecule has 0 saturated heterocycles. The van der Waals surface area contributed by atoms with Crippen molar-refractivity contribution < 1.29 is 9.18 Å². The maximum absolute atomic E-state index is 12.8. The molecule has 0 heterocycles. The van der Waals surface area contributed by atoms with Crippen molar-refractivity contribution in [2.45, 2.75) is 25.4 Å². The number of amides is 1. The molecular formula is C13H17FN2O. The zero-order valence-corrected chi connectivity index (χ0v) is 9.95. The van der Waals surface area contributed by atoms with Crippen LogP contribution in [0.2, 0.25) is 0 Å². The van der Waals surface area contributed by atoms with Crippen molar-refractivity contribution in [2.24, 2.45) is 0 Å². The minimum absolute atomic E-state index is 0.110. The molecule has 1 aliphatic rings. The Hall–Kier alpha value is -1.42. The van der Waals surface area contributed by atoms with Gasteiger partial charge in [0, 0.05) is 12.6 Å². The van der Waals surface area contributed by atoms with Crippen LogP contribution in [0.1, 0.15) is 18.4 Å². The molecule has 17 heavy (non-hydrogen) atoms. The lowest BCUT2D eigenvalue weighted by Crippen LogP contribution is -2.38. The molecule has 2 rings (SSSR count). The second-order valence-electron chi connectivity index (χ2n) is 4.41. The molecule has 0 bridgehead atoms. The van der Waals surface area contributed by atoms with E-state index >= 15 is 0 Å². The molecule has 1 aromatic carbocycles. The minimum Gasteiger partial charge on any atom is -0.334 e. The molecule has 1 aliphatic carbocycles. The molecular weight excluding hydrogens is 219 g/mol. The summed E-state index contributed by atoms with van der Waals surface area (Å²) in [6.45, 7) is 0.934. The SMILES string of the molecule is CNCC(=O)N(Cc1ccc(F)cc1)C1CC1. The molecule has 4 heteroatoms. The summed E-state index contributed by atoms with van der Waals surface area (Å²) in [5.41, 5.74) is 0.975. The first-order valence-electron chi connectivity index (χ1n) is 5.89. The molecule has 0 spiro atoms. The van der Waals surface area contributed by atoms with Gasteiger partial charge in [0.05, 0.1) is 6.54 Å². The van der Waals surface area contributed by atoms with Gasteiger partial charge in [0.1, 0.15) is 5.82 Å². The molecule has 0 unspecified atom stereocenters. The Kier molecular flexibility index (Phi) is 3.74. The van der Waals surface area contributed by atoms with Gasteiger partial charge in [-0.3, -0.25) is 4.79 Å². The van der Waals surface area contributed by atoms with E-state index in [9.17, 15) is 9.18 Å². The highest BCUT2D eigenvalue weighted by atomic mass is 19.1. The Labute approximate surface area is 101 Å². The Morgan fingerprint density at radius 1 is 1.41 bits per heavy atom. The second-order valence-corrected chi connectivity index (χ2v) is 4.41. The summed E-state index contributed by atoms with van der Waals surface area (Å²) >= 11 is 0. The molecule has 0 radical (unpaired) electrons. The molecule has 0 aromatic heterocycles. The van der Waals surface area contributed by atoms with E-state index in [0.717, 1.165) is 18.4 Å². The van der Waals surface area contributed by atoms with Crippen molar-refractivity contribution in [3.63, 3.8) is 0 Å². The Balaban J connectivity index is 2.02. The average Bonchev–Trinajstić information content (AvgIpc) is 3.12. The number of rotatable bonds is 5. The van der Waals surface area contributed by atoms with E-state index in [1.165, 1.54) is 12.1 Å². The van der Waals surface area contributed by atoms with Gasteiger partial charge in [0.2, 0.25) is 5.91 Å². The van der Waals surface area contributed by atoms with Gasteiger partial charge in [-0.05, 0) is 37.6 Å². The number of benzene rings is 1. The highest BCUT2D eigenvalue weighted by Gasteiger charge is 2.31. The number of likely N-dealkylation sites (N-methyl/N-ethyl adjacent to an activating group) is 1. The second kappa shape index (κ2) is 5.27. The fourth-order valence-electron chi connectivity index (χ4n) is 1.85. The molecule has 0 atom stereocenters. The highest BCUT2D eigenvalue weighted by Crippen LogP contribution is 2.28. The zero-order valence-electron chi connectivity index (χ0n) is 9.95. The van der Waals surface area contributed by atoms with Crippen molar-refractivity contribution in [3.05, 3.63) is 35.6 Å². The molecule has 0 aliphatic heterocycles. The van der Waals surface area contributed by atoms with Crippen molar-refractivity contribution in [2.75, 3.05) is 13.6 Å². The third-order valence-corrected chi connectivity index (χ3v) is 2.90. The van der Waals surface area contributed by atoms with Crippen molar-refractivity contribution in [1.29, 1.82) is 0 Å². The van der Waals surface area contributed by atoms with Gasteiger partial charge < -0.3 is 10.2 Å². The molecule has 92 valence electrons. The highest BCUT2D eigenvalue weighted by molar-refractivity contribution is 5.78. The van der Waals surface area contributed by atoms with Gasteiger partial charge in [0.15, 0.2) is 0 Å².